The largest absolute Gasteiger partial charge is 0.302 e. The molecule has 0 spiro atoms. The van der Waals surface area contributed by atoms with E-state index in [2.05, 4.69) is 51.3 Å². The van der Waals surface area contributed by atoms with Gasteiger partial charge in [0.15, 0.2) is 0 Å². The van der Waals surface area contributed by atoms with E-state index in [-0.39, 0.29) is 0 Å². The molecule has 2 heteroatoms. The highest BCUT2D eigenvalue weighted by atomic mass is 15.2. The normalized spacial score (nSPS) is 28.7. The zero-order chi connectivity index (χ0) is 13.6. The molecule has 2 saturated heterocycles. The van der Waals surface area contributed by atoms with Crippen molar-refractivity contribution in [3.05, 3.63) is 0 Å². The second kappa shape index (κ2) is 4.79. The second-order valence-corrected chi connectivity index (χ2v) is 8.55. The van der Waals surface area contributed by atoms with Crippen LogP contribution in [0.5, 0.6) is 0 Å². The van der Waals surface area contributed by atoms with Crippen molar-refractivity contribution in [2.45, 2.75) is 53.5 Å². The SMILES string of the molecule is CC(C)(C)C1CN(CC2CCN(C(C)(C)C)C2)C1. The molecule has 0 saturated carbocycles. The molecule has 1 unspecified atom stereocenters. The maximum absolute atomic E-state index is 2.67. The topological polar surface area (TPSA) is 6.48 Å². The zero-order valence-corrected chi connectivity index (χ0v) is 13.3. The van der Waals surface area contributed by atoms with Gasteiger partial charge in [0.05, 0.1) is 0 Å². The molecule has 2 nitrogen and oxygen atoms in total. The molecule has 0 aliphatic carbocycles. The summed E-state index contributed by atoms with van der Waals surface area (Å²) in [5.74, 6) is 1.82. The van der Waals surface area contributed by atoms with Crippen LogP contribution in [0.25, 0.3) is 0 Å². The third-order valence-corrected chi connectivity index (χ3v) is 4.93. The monoisotopic (exact) mass is 252 g/mol. The Balaban J connectivity index is 1.71. The van der Waals surface area contributed by atoms with Crippen LogP contribution in [0.1, 0.15) is 48.0 Å². The Bertz CT molecular complexity index is 278. The fourth-order valence-corrected chi connectivity index (χ4v) is 3.22. The minimum absolute atomic E-state index is 0.359. The van der Waals surface area contributed by atoms with Crippen molar-refractivity contribution in [1.29, 1.82) is 0 Å². The summed E-state index contributed by atoms with van der Waals surface area (Å²) in [7, 11) is 0. The highest BCUT2D eigenvalue weighted by molar-refractivity contribution is 4.91. The van der Waals surface area contributed by atoms with Crippen molar-refractivity contribution in [3.8, 4) is 0 Å². The Labute approximate surface area is 114 Å². The Morgan fingerprint density at radius 3 is 2.00 bits per heavy atom. The van der Waals surface area contributed by atoms with E-state index in [4.69, 9.17) is 0 Å². The summed E-state index contributed by atoms with van der Waals surface area (Å²) in [6.07, 6.45) is 1.40. The molecule has 2 aliphatic heterocycles. The molecular weight excluding hydrogens is 220 g/mol. The van der Waals surface area contributed by atoms with Gasteiger partial charge in [-0.1, -0.05) is 20.8 Å². The molecular formula is C16H32N2. The third-order valence-electron chi connectivity index (χ3n) is 4.93. The van der Waals surface area contributed by atoms with Crippen LogP contribution < -0.4 is 0 Å². The first-order chi connectivity index (χ1) is 8.16. The van der Waals surface area contributed by atoms with E-state index in [1.807, 2.05) is 0 Å². The van der Waals surface area contributed by atoms with Crippen LogP contribution >= 0.6 is 0 Å². The molecule has 1 atom stereocenters. The lowest BCUT2D eigenvalue weighted by Crippen LogP contribution is -2.53. The van der Waals surface area contributed by atoms with Gasteiger partial charge in [-0.2, -0.15) is 0 Å². The van der Waals surface area contributed by atoms with E-state index in [0.717, 1.165) is 11.8 Å². The van der Waals surface area contributed by atoms with Crippen molar-refractivity contribution < 1.29 is 0 Å². The van der Waals surface area contributed by atoms with E-state index in [9.17, 15) is 0 Å². The number of nitrogens with zero attached hydrogens (tertiary/aromatic N) is 2. The van der Waals surface area contributed by atoms with Crippen LogP contribution in [-0.4, -0.2) is 48.1 Å². The Morgan fingerprint density at radius 2 is 1.56 bits per heavy atom. The van der Waals surface area contributed by atoms with E-state index in [1.165, 1.54) is 39.1 Å². The summed E-state index contributed by atoms with van der Waals surface area (Å²) < 4.78 is 0. The molecule has 0 radical (unpaired) electrons. The Morgan fingerprint density at radius 1 is 0.944 bits per heavy atom. The van der Waals surface area contributed by atoms with E-state index in [0.29, 0.717) is 11.0 Å². The summed E-state index contributed by atoms with van der Waals surface area (Å²) in [6, 6.07) is 0. The molecule has 0 aromatic carbocycles. The van der Waals surface area contributed by atoms with E-state index >= 15 is 0 Å². The number of rotatable bonds is 2. The van der Waals surface area contributed by atoms with Crippen LogP contribution in [0, 0.1) is 17.3 Å². The van der Waals surface area contributed by atoms with Crippen molar-refractivity contribution in [3.63, 3.8) is 0 Å². The Hall–Kier alpha value is -0.0800. The van der Waals surface area contributed by atoms with Crippen LogP contribution in [0.2, 0.25) is 0 Å². The first-order valence-electron chi connectivity index (χ1n) is 7.63. The van der Waals surface area contributed by atoms with Gasteiger partial charge in [-0.25, -0.2) is 0 Å². The van der Waals surface area contributed by atoms with Gasteiger partial charge in [0.25, 0.3) is 0 Å². The summed E-state index contributed by atoms with van der Waals surface area (Å²) in [6.45, 7) is 20.8. The highest BCUT2D eigenvalue weighted by Gasteiger charge is 2.38. The number of likely N-dealkylation sites (tertiary alicyclic amines) is 2. The summed E-state index contributed by atoms with van der Waals surface area (Å²) in [5.41, 5.74) is 0.862. The number of hydrogen-bond acceptors (Lipinski definition) is 2. The standard InChI is InChI=1S/C16H32N2/c1-15(2,3)14-11-17(12-14)9-13-7-8-18(10-13)16(4,5)6/h13-14H,7-12H2,1-6H3. The molecule has 0 N–H and O–H groups in total. The smallest absolute Gasteiger partial charge is 0.0125 e. The van der Waals surface area contributed by atoms with Crippen LogP contribution in [0.4, 0.5) is 0 Å². The van der Waals surface area contributed by atoms with E-state index in [1.54, 1.807) is 0 Å². The van der Waals surface area contributed by atoms with Gasteiger partial charge >= 0.3 is 0 Å². The van der Waals surface area contributed by atoms with Gasteiger partial charge in [-0.3, -0.25) is 4.90 Å². The van der Waals surface area contributed by atoms with Gasteiger partial charge in [-0.15, -0.1) is 0 Å². The second-order valence-electron chi connectivity index (χ2n) is 8.55. The minimum atomic E-state index is 0.359. The van der Waals surface area contributed by atoms with E-state index < -0.39 is 0 Å². The predicted molar refractivity (Wildman–Crippen MR) is 78.8 cm³/mol. The van der Waals surface area contributed by atoms with Gasteiger partial charge in [-0.05, 0) is 51.0 Å². The zero-order valence-electron chi connectivity index (χ0n) is 13.3. The molecule has 0 bridgehead atoms. The van der Waals surface area contributed by atoms with Crippen molar-refractivity contribution in [2.24, 2.45) is 17.3 Å². The molecule has 0 aromatic heterocycles. The maximum atomic E-state index is 2.67. The minimum Gasteiger partial charge on any atom is -0.302 e. The average Bonchev–Trinajstić information content (AvgIpc) is 2.55. The molecule has 2 rings (SSSR count). The van der Waals surface area contributed by atoms with Gasteiger partial charge in [0.2, 0.25) is 0 Å². The van der Waals surface area contributed by atoms with Gasteiger partial charge in [0.1, 0.15) is 0 Å². The molecule has 2 fully saturated rings. The fourth-order valence-electron chi connectivity index (χ4n) is 3.22. The van der Waals surface area contributed by atoms with Gasteiger partial charge in [0, 0.05) is 31.7 Å². The lowest BCUT2D eigenvalue weighted by Gasteiger charge is -2.47. The maximum Gasteiger partial charge on any atom is 0.0125 e. The van der Waals surface area contributed by atoms with Crippen LogP contribution in [0.3, 0.4) is 0 Å². The Kier molecular flexibility index (Phi) is 3.81. The first-order valence-corrected chi connectivity index (χ1v) is 7.63. The van der Waals surface area contributed by atoms with Crippen LogP contribution in [0.15, 0.2) is 0 Å². The van der Waals surface area contributed by atoms with Crippen LogP contribution in [-0.2, 0) is 0 Å². The fraction of sp³-hybridized carbons (Fsp3) is 1.00. The van der Waals surface area contributed by atoms with Crippen molar-refractivity contribution >= 4 is 0 Å². The first kappa shape index (κ1) is 14.3. The predicted octanol–water partition coefficient (Wildman–Crippen LogP) is 3.08. The summed E-state index contributed by atoms with van der Waals surface area (Å²) in [4.78, 5) is 5.32. The summed E-state index contributed by atoms with van der Waals surface area (Å²) in [5, 5.41) is 0. The molecule has 2 aliphatic rings. The quantitative estimate of drug-likeness (QED) is 0.745. The average molecular weight is 252 g/mol. The lowest BCUT2D eigenvalue weighted by molar-refractivity contribution is 0.0138. The third kappa shape index (κ3) is 3.27. The van der Waals surface area contributed by atoms with Crippen molar-refractivity contribution in [1.82, 2.24) is 9.80 Å². The molecule has 0 amide bonds. The highest BCUT2D eigenvalue weighted by Crippen LogP contribution is 2.35. The molecule has 18 heavy (non-hydrogen) atoms. The molecule has 0 aromatic rings. The lowest BCUT2D eigenvalue weighted by atomic mass is 9.76. The summed E-state index contributed by atoms with van der Waals surface area (Å²) >= 11 is 0. The molecule has 106 valence electrons. The number of hydrogen-bond donors (Lipinski definition) is 0. The molecule has 2 heterocycles. The van der Waals surface area contributed by atoms with Crippen molar-refractivity contribution in [2.75, 3.05) is 32.7 Å². The van der Waals surface area contributed by atoms with Gasteiger partial charge < -0.3 is 4.90 Å².